The summed E-state index contributed by atoms with van der Waals surface area (Å²) in [5.74, 6) is -1.35. The lowest BCUT2D eigenvalue weighted by molar-refractivity contribution is 0.0593. The average molecular weight is 346 g/mol. The third-order valence-corrected chi connectivity index (χ3v) is 4.36. The number of nitrogens with zero attached hydrogens (tertiary/aromatic N) is 4. The van der Waals surface area contributed by atoms with Crippen LogP contribution in [0, 0.1) is 5.82 Å². The molecule has 1 saturated heterocycles. The first-order valence-electron chi connectivity index (χ1n) is 8.05. The van der Waals surface area contributed by atoms with Crippen molar-refractivity contribution in [2.24, 2.45) is 0 Å². The Labute approximate surface area is 144 Å². The molecule has 1 aromatic carbocycles. The quantitative estimate of drug-likeness (QED) is 0.624. The number of esters is 1. The van der Waals surface area contributed by atoms with Crippen LogP contribution < -0.4 is 4.90 Å². The zero-order valence-corrected chi connectivity index (χ0v) is 14.1. The summed E-state index contributed by atoms with van der Waals surface area (Å²) in [7, 11) is 1.29. The van der Waals surface area contributed by atoms with E-state index in [9.17, 15) is 14.0 Å². The summed E-state index contributed by atoms with van der Waals surface area (Å²) in [5.41, 5.74) is 0.845. The van der Waals surface area contributed by atoms with Gasteiger partial charge in [0.2, 0.25) is 0 Å². The highest BCUT2D eigenvalue weighted by atomic mass is 19.1. The van der Waals surface area contributed by atoms with Gasteiger partial charge in [-0.15, -0.1) is 5.10 Å². The molecule has 2 aromatic rings. The van der Waals surface area contributed by atoms with Gasteiger partial charge in [0.1, 0.15) is 5.82 Å². The Morgan fingerprint density at radius 2 is 2.16 bits per heavy atom. The van der Waals surface area contributed by atoms with Gasteiger partial charge in [0.25, 0.3) is 0 Å². The standard InChI is InChI=1S/C17H19FN4O3/c1-11(23)16-13(18)6-3-7-15(16)21-8-4-5-12(9-21)22-10-14(19-20-22)17(24)25-2/h3,6-7,10,12H,4-5,8-9H2,1-2H3/t12-/m0/s1. The zero-order valence-electron chi connectivity index (χ0n) is 14.1. The highest BCUT2D eigenvalue weighted by Gasteiger charge is 2.26. The number of halogens is 1. The van der Waals surface area contributed by atoms with Gasteiger partial charge in [-0.05, 0) is 31.9 Å². The molecule has 0 aliphatic carbocycles. The summed E-state index contributed by atoms with van der Waals surface area (Å²) in [6, 6.07) is 4.62. The third-order valence-electron chi connectivity index (χ3n) is 4.36. The third kappa shape index (κ3) is 3.38. The molecular weight excluding hydrogens is 327 g/mol. The van der Waals surface area contributed by atoms with Crippen molar-refractivity contribution in [1.82, 2.24) is 15.0 Å². The van der Waals surface area contributed by atoms with Crippen LogP contribution in [0.15, 0.2) is 24.4 Å². The smallest absolute Gasteiger partial charge is 0.360 e. The summed E-state index contributed by atoms with van der Waals surface area (Å²) in [6.07, 6.45) is 3.26. The number of benzene rings is 1. The molecule has 0 saturated carbocycles. The number of rotatable bonds is 4. The lowest BCUT2D eigenvalue weighted by atomic mass is 10.0. The van der Waals surface area contributed by atoms with Crippen molar-refractivity contribution in [3.63, 3.8) is 0 Å². The molecule has 0 N–H and O–H groups in total. The van der Waals surface area contributed by atoms with Crippen LogP contribution in [0.5, 0.6) is 0 Å². The second kappa shape index (κ2) is 7.00. The second-order valence-electron chi connectivity index (χ2n) is 6.01. The van der Waals surface area contributed by atoms with Gasteiger partial charge in [0.05, 0.1) is 30.6 Å². The lowest BCUT2D eigenvalue weighted by Gasteiger charge is -2.35. The molecule has 7 nitrogen and oxygen atoms in total. The fraction of sp³-hybridized carbons (Fsp3) is 0.412. The fourth-order valence-corrected chi connectivity index (χ4v) is 3.17. The summed E-state index contributed by atoms with van der Waals surface area (Å²) < 4.78 is 20.3. The molecule has 0 unspecified atom stereocenters. The first-order chi connectivity index (χ1) is 12.0. The summed E-state index contributed by atoms with van der Waals surface area (Å²) >= 11 is 0. The Hall–Kier alpha value is -2.77. The molecule has 25 heavy (non-hydrogen) atoms. The van der Waals surface area contributed by atoms with Crippen LogP contribution in [0.4, 0.5) is 10.1 Å². The van der Waals surface area contributed by atoms with Gasteiger partial charge >= 0.3 is 5.97 Å². The minimum Gasteiger partial charge on any atom is -0.464 e. The molecule has 8 heteroatoms. The summed E-state index contributed by atoms with van der Waals surface area (Å²) in [6.45, 7) is 2.63. The predicted molar refractivity (Wildman–Crippen MR) is 88.3 cm³/mol. The number of methoxy groups -OCH3 is 1. The Kier molecular flexibility index (Phi) is 4.78. The summed E-state index contributed by atoms with van der Waals surface area (Å²) in [5, 5.41) is 7.84. The molecule has 0 radical (unpaired) electrons. The number of carbonyl (C=O) groups excluding carboxylic acids is 2. The number of anilines is 1. The van der Waals surface area contributed by atoms with Crippen LogP contribution in [0.1, 0.15) is 46.7 Å². The normalized spacial score (nSPS) is 17.4. The Balaban J connectivity index is 1.85. The minimum atomic E-state index is -0.539. The van der Waals surface area contributed by atoms with Gasteiger partial charge in [0.15, 0.2) is 11.5 Å². The van der Waals surface area contributed by atoms with E-state index in [4.69, 9.17) is 0 Å². The number of piperidine rings is 1. The van der Waals surface area contributed by atoms with Gasteiger partial charge in [-0.1, -0.05) is 11.3 Å². The first-order valence-corrected chi connectivity index (χ1v) is 8.05. The molecule has 1 aliphatic heterocycles. The molecule has 2 heterocycles. The fourth-order valence-electron chi connectivity index (χ4n) is 3.17. The Morgan fingerprint density at radius 3 is 2.88 bits per heavy atom. The van der Waals surface area contributed by atoms with Gasteiger partial charge in [0, 0.05) is 13.1 Å². The van der Waals surface area contributed by atoms with Crippen LogP contribution in [0.25, 0.3) is 0 Å². The van der Waals surface area contributed by atoms with Gasteiger partial charge in [-0.2, -0.15) is 0 Å². The van der Waals surface area contributed by atoms with Crippen LogP contribution in [-0.2, 0) is 4.74 Å². The number of hydrogen-bond acceptors (Lipinski definition) is 6. The van der Waals surface area contributed by atoms with E-state index in [1.165, 1.54) is 20.1 Å². The van der Waals surface area contributed by atoms with E-state index in [2.05, 4.69) is 15.0 Å². The van der Waals surface area contributed by atoms with Gasteiger partial charge in [-0.25, -0.2) is 13.9 Å². The number of ether oxygens (including phenoxy) is 1. The molecule has 0 bridgehead atoms. The van der Waals surface area contributed by atoms with Crippen LogP contribution in [0.2, 0.25) is 0 Å². The highest BCUT2D eigenvalue weighted by molar-refractivity contribution is 6.00. The van der Waals surface area contributed by atoms with Crippen LogP contribution in [0.3, 0.4) is 0 Å². The lowest BCUT2D eigenvalue weighted by Crippen LogP contribution is -2.37. The SMILES string of the molecule is COC(=O)c1cn([C@H]2CCCN(c3cccc(F)c3C(C)=O)C2)nn1. The first kappa shape index (κ1) is 17.1. The molecule has 132 valence electrons. The van der Waals surface area contributed by atoms with Gasteiger partial charge in [-0.3, -0.25) is 4.79 Å². The molecule has 1 aromatic heterocycles. The van der Waals surface area contributed by atoms with Crippen molar-refractivity contribution in [2.75, 3.05) is 25.1 Å². The van der Waals surface area contributed by atoms with Crippen LogP contribution in [-0.4, -0.2) is 46.9 Å². The number of aromatic nitrogens is 3. The van der Waals surface area contributed by atoms with E-state index in [0.29, 0.717) is 12.2 Å². The van der Waals surface area contributed by atoms with E-state index in [-0.39, 0.29) is 23.1 Å². The van der Waals surface area contributed by atoms with E-state index < -0.39 is 11.8 Å². The molecule has 0 amide bonds. The predicted octanol–water partition coefficient (Wildman–Crippen LogP) is 2.25. The van der Waals surface area contributed by atoms with E-state index in [0.717, 1.165) is 19.4 Å². The molecule has 0 spiro atoms. The largest absolute Gasteiger partial charge is 0.464 e. The molecule has 1 atom stereocenters. The maximum absolute atomic E-state index is 14.1. The van der Waals surface area contributed by atoms with E-state index in [1.807, 2.05) is 4.90 Å². The number of carbonyl (C=O) groups is 2. The molecule has 1 aliphatic rings. The number of hydrogen-bond donors (Lipinski definition) is 0. The van der Waals surface area contributed by atoms with E-state index >= 15 is 0 Å². The van der Waals surface area contributed by atoms with Crippen LogP contribution >= 0.6 is 0 Å². The maximum Gasteiger partial charge on any atom is 0.360 e. The Morgan fingerprint density at radius 1 is 1.36 bits per heavy atom. The molecular formula is C17H19FN4O3. The monoisotopic (exact) mass is 346 g/mol. The van der Waals surface area contributed by atoms with Crippen molar-refractivity contribution in [3.8, 4) is 0 Å². The van der Waals surface area contributed by atoms with Crippen molar-refractivity contribution in [2.45, 2.75) is 25.8 Å². The Bertz CT molecular complexity index is 805. The number of ketones is 1. The molecule has 1 fully saturated rings. The van der Waals surface area contributed by atoms with Crippen molar-refractivity contribution < 1.29 is 18.7 Å². The van der Waals surface area contributed by atoms with E-state index in [1.54, 1.807) is 23.0 Å². The zero-order chi connectivity index (χ0) is 18.0. The highest BCUT2D eigenvalue weighted by Crippen LogP contribution is 2.30. The molecule has 3 rings (SSSR count). The van der Waals surface area contributed by atoms with Crippen molar-refractivity contribution in [3.05, 3.63) is 41.5 Å². The second-order valence-corrected chi connectivity index (χ2v) is 6.01. The number of Topliss-reactive ketones (excluding diaryl/α,β-unsaturated/α-hetero) is 1. The van der Waals surface area contributed by atoms with Crippen molar-refractivity contribution >= 4 is 17.4 Å². The minimum absolute atomic E-state index is 0.0252. The summed E-state index contributed by atoms with van der Waals surface area (Å²) in [4.78, 5) is 25.4. The topological polar surface area (TPSA) is 77.3 Å². The average Bonchev–Trinajstić information content (AvgIpc) is 3.11. The van der Waals surface area contributed by atoms with Gasteiger partial charge < -0.3 is 9.64 Å². The van der Waals surface area contributed by atoms with Crippen molar-refractivity contribution in [1.29, 1.82) is 0 Å². The maximum atomic E-state index is 14.1.